The molecular weight excluding hydrogens is 459 g/mol. The highest BCUT2D eigenvalue weighted by Crippen LogP contribution is 2.80. The van der Waals surface area contributed by atoms with Gasteiger partial charge in [-0.15, -0.1) is 13.2 Å². The lowest BCUT2D eigenvalue weighted by molar-refractivity contribution is -0.274. The number of amides is 2. The standard InChI is InChI=1S/C26H32F3N3O3/c27-26(28,29)35-18-7-5-17(6-8-18)25(22(31)34)20-10-9-19(23(20)12-13-23)24(25,21(30)33)11-1-2-14-32-15-3-4-16-32/h5-10,19-20H,1-4,11-16H2,(H2,30,33)(H2,31,34)/t19-,20+,24+,25-/m1/s1. The van der Waals surface area contributed by atoms with Gasteiger partial charge < -0.3 is 21.1 Å². The zero-order chi connectivity index (χ0) is 25.1. The number of allylic oxidation sites excluding steroid dienone is 2. The number of nitrogens with two attached hydrogens (primary N) is 2. The summed E-state index contributed by atoms with van der Waals surface area (Å²) in [7, 11) is 0. The molecule has 2 saturated carbocycles. The molecule has 3 aliphatic carbocycles. The molecule has 1 heterocycles. The Balaban J connectivity index is 1.53. The SMILES string of the molecule is NC(=O)[C@]1(CCCCN2CCCC2)[C@@H]2C=C[C@@H](C23CC3)[C@@]1(C(N)=O)c1ccc(OC(F)(F)F)cc1. The third-order valence-corrected chi connectivity index (χ3v) is 9.13. The Bertz CT molecular complexity index is 1030. The van der Waals surface area contributed by atoms with E-state index in [-0.39, 0.29) is 17.3 Å². The van der Waals surface area contributed by atoms with E-state index in [1.807, 2.05) is 12.2 Å². The summed E-state index contributed by atoms with van der Waals surface area (Å²) in [5.41, 5.74) is 9.86. The molecule has 1 aliphatic heterocycles. The minimum Gasteiger partial charge on any atom is -0.406 e. The predicted octanol–water partition coefficient (Wildman–Crippen LogP) is 3.64. The molecule has 0 unspecified atom stereocenters. The number of likely N-dealkylation sites (tertiary alicyclic amines) is 1. The Hall–Kier alpha value is -2.55. The molecule has 0 aromatic heterocycles. The Labute approximate surface area is 202 Å². The van der Waals surface area contributed by atoms with Crippen molar-refractivity contribution in [1.29, 1.82) is 0 Å². The molecule has 2 bridgehead atoms. The summed E-state index contributed by atoms with van der Waals surface area (Å²) in [5, 5.41) is 0. The van der Waals surface area contributed by atoms with E-state index in [2.05, 4.69) is 9.64 Å². The topological polar surface area (TPSA) is 98.7 Å². The predicted molar refractivity (Wildman–Crippen MR) is 123 cm³/mol. The van der Waals surface area contributed by atoms with E-state index in [0.29, 0.717) is 18.4 Å². The lowest BCUT2D eigenvalue weighted by Gasteiger charge is -2.48. The van der Waals surface area contributed by atoms with Crippen molar-refractivity contribution in [3.63, 3.8) is 0 Å². The molecule has 1 aromatic carbocycles. The number of benzene rings is 1. The fourth-order valence-electron chi connectivity index (χ4n) is 7.76. The average molecular weight is 492 g/mol. The van der Waals surface area contributed by atoms with E-state index < -0.39 is 34.8 Å². The largest absolute Gasteiger partial charge is 0.573 e. The second-order valence-corrected chi connectivity index (χ2v) is 10.7. The van der Waals surface area contributed by atoms with Gasteiger partial charge in [0.25, 0.3) is 0 Å². The van der Waals surface area contributed by atoms with Gasteiger partial charge in [0.15, 0.2) is 0 Å². The fraction of sp³-hybridized carbons (Fsp3) is 0.615. The Morgan fingerprint density at radius 3 is 2.14 bits per heavy atom. The lowest BCUT2D eigenvalue weighted by atomic mass is 9.52. The van der Waals surface area contributed by atoms with Crippen molar-refractivity contribution in [2.24, 2.45) is 34.1 Å². The van der Waals surface area contributed by atoms with Gasteiger partial charge in [-0.1, -0.05) is 30.7 Å². The first-order chi connectivity index (χ1) is 16.6. The van der Waals surface area contributed by atoms with Gasteiger partial charge in [0.05, 0.1) is 10.8 Å². The van der Waals surface area contributed by atoms with Crippen LogP contribution in [0.2, 0.25) is 0 Å². The molecule has 5 rings (SSSR count). The molecule has 1 spiro atoms. The van der Waals surface area contributed by atoms with Gasteiger partial charge in [-0.2, -0.15) is 0 Å². The van der Waals surface area contributed by atoms with Crippen molar-refractivity contribution < 1.29 is 27.5 Å². The van der Waals surface area contributed by atoms with Crippen LogP contribution >= 0.6 is 0 Å². The number of alkyl halides is 3. The van der Waals surface area contributed by atoms with E-state index in [1.54, 1.807) is 0 Å². The maximum atomic E-state index is 13.5. The van der Waals surface area contributed by atoms with Crippen molar-refractivity contribution in [2.75, 3.05) is 19.6 Å². The van der Waals surface area contributed by atoms with Gasteiger partial charge in [0.2, 0.25) is 11.8 Å². The van der Waals surface area contributed by atoms with Gasteiger partial charge in [0.1, 0.15) is 5.75 Å². The zero-order valence-electron chi connectivity index (χ0n) is 19.7. The molecule has 4 N–H and O–H groups in total. The molecule has 1 aromatic rings. The molecule has 3 fully saturated rings. The van der Waals surface area contributed by atoms with Crippen LogP contribution in [0.15, 0.2) is 36.4 Å². The van der Waals surface area contributed by atoms with E-state index in [0.717, 1.165) is 38.9 Å². The summed E-state index contributed by atoms with van der Waals surface area (Å²) in [6.07, 6.45) is 5.29. The molecule has 1 saturated heterocycles. The number of ether oxygens (including phenoxy) is 1. The number of carbonyl (C=O) groups excluding carboxylic acids is 2. The van der Waals surface area contributed by atoms with Crippen molar-refractivity contribution in [2.45, 2.75) is 56.7 Å². The van der Waals surface area contributed by atoms with Gasteiger partial charge in [-0.05, 0) is 87.2 Å². The normalized spacial score (nSPS) is 32.9. The number of unbranched alkanes of at least 4 members (excludes halogenated alkanes) is 1. The number of nitrogens with zero attached hydrogens (tertiary/aromatic N) is 1. The Morgan fingerprint density at radius 1 is 0.971 bits per heavy atom. The van der Waals surface area contributed by atoms with Crippen molar-refractivity contribution in [1.82, 2.24) is 4.90 Å². The number of hydrogen-bond acceptors (Lipinski definition) is 4. The second-order valence-electron chi connectivity index (χ2n) is 10.7. The van der Waals surface area contributed by atoms with Crippen LogP contribution in [0.4, 0.5) is 13.2 Å². The highest BCUT2D eigenvalue weighted by molar-refractivity contribution is 5.99. The molecule has 6 nitrogen and oxygen atoms in total. The average Bonchev–Trinajstić information content (AvgIpc) is 3.15. The first kappa shape index (κ1) is 24.2. The number of primary amides is 2. The van der Waals surface area contributed by atoms with Gasteiger partial charge in [-0.25, -0.2) is 0 Å². The van der Waals surface area contributed by atoms with E-state index in [1.165, 1.54) is 37.1 Å². The molecule has 9 heteroatoms. The number of halogens is 3. The molecule has 4 aliphatic rings. The summed E-state index contributed by atoms with van der Waals surface area (Å²) < 4.78 is 42.2. The van der Waals surface area contributed by atoms with Crippen molar-refractivity contribution in [3.8, 4) is 5.75 Å². The van der Waals surface area contributed by atoms with E-state index in [4.69, 9.17) is 11.5 Å². The minimum atomic E-state index is -4.83. The zero-order valence-corrected chi connectivity index (χ0v) is 19.7. The van der Waals surface area contributed by atoms with Crippen LogP contribution in [-0.4, -0.2) is 42.7 Å². The molecule has 4 atom stereocenters. The quantitative estimate of drug-likeness (QED) is 0.407. The molecular formula is C26H32F3N3O3. The number of rotatable bonds is 9. The summed E-state index contributed by atoms with van der Waals surface area (Å²) in [4.78, 5) is 29.3. The molecule has 190 valence electrons. The molecule has 35 heavy (non-hydrogen) atoms. The first-order valence-electron chi connectivity index (χ1n) is 12.4. The molecule has 2 amide bonds. The fourth-order valence-corrected chi connectivity index (χ4v) is 7.76. The molecule has 0 radical (unpaired) electrons. The maximum absolute atomic E-state index is 13.5. The van der Waals surface area contributed by atoms with E-state index in [9.17, 15) is 22.8 Å². The second kappa shape index (κ2) is 8.25. The number of carbonyl (C=O) groups is 2. The van der Waals surface area contributed by atoms with Gasteiger partial charge in [-0.3, -0.25) is 9.59 Å². The minimum absolute atomic E-state index is 0.220. The van der Waals surface area contributed by atoms with Crippen LogP contribution in [0, 0.1) is 22.7 Å². The highest BCUT2D eigenvalue weighted by Gasteiger charge is 2.82. The highest BCUT2D eigenvalue weighted by atomic mass is 19.4. The van der Waals surface area contributed by atoms with Crippen LogP contribution < -0.4 is 16.2 Å². The maximum Gasteiger partial charge on any atom is 0.573 e. The summed E-state index contributed by atoms with van der Waals surface area (Å²) in [6, 6.07) is 5.25. The first-order valence-corrected chi connectivity index (χ1v) is 12.4. The van der Waals surface area contributed by atoms with Crippen LogP contribution in [0.25, 0.3) is 0 Å². The third kappa shape index (κ3) is 3.49. The third-order valence-electron chi connectivity index (χ3n) is 9.13. The van der Waals surface area contributed by atoms with Gasteiger partial charge in [0, 0.05) is 5.92 Å². The smallest absolute Gasteiger partial charge is 0.406 e. The number of hydrogen-bond donors (Lipinski definition) is 2. The Kier molecular flexibility index (Phi) is 5.69. The van der Waals surface area contributed by atoms with Crippen LogP contribution in [0.1, 0.15) is 50.5 Å². The van der Waals surface area contributed by atoms with Crippen LogP contribution in [0.5, 0.6) is 5.75 Å². The lowest BCUT2D eigenvalue weighted by Crippen LogP contribution is -2.62. The monoisotopic (exact) mass is 491 g/mol. The van der Waals surface area contributed by atoms with Gasteiger partial charge >= 0.3 is 6.36 Å². The summed E-state index contributed by atoms with van der Waals surface area (Å²) in [5.74, 6) is -2.14. The van der Waals surface area contributed by atoms with E-state index >= 15 is 0 Å². The summed E-state index contributed by atoms with van der Waals surface area (Å²) >= 11 is 0. The van der Waals surface area contributed by atoms with Crippen molar-refractivity contribution >= 4 is 11.8 Å². The summed E-state index contributed by atoms with van der Waals surface area (Å²) in [6.45, 7) is 3.08. The van der Waals surface area contributed by atoms with Crippen LogP contribution in [0.3, 0.4) is 0 Å². The van der Waals surface area contributed by atoms with Crippen molar-refractivity contribution in [3.05, 3.63) is 42.0 Å². The Morgan fingerprint density at radius 2 is 1.60 bits per heavy atom. The van der Waals surface area contributed by atoms with Crippen LogP contribution in [-0.2, 0) is 15.0 Å².